The summed E-state index contributed by atoms with van der Waals surface area (Å²) in [6, 6.07) is 17.2. The van der Waals surface area contributed by atoms with Crippen LogP contribution < -0.4 is 15.0 Å². The van der Waals surface area contributed by atoms with Crippen molar-refractivity contribution < 1.29 is 13.9 Å². The molecule has 1 saturated carbocycles. The zero-order chi connectivity index (χ0) is 22.4. The number of hydrogen-bond donors (Lipinski definition) is 1. The number of ether oxygens (including phenoxy) is 1. The van der Waals surface area contributed by atoms with E-state index in [-0.39, 0.29) is 17.3 Å². The molecular weight excluding hydrogens is 417 g/mol. The fraction of sp³-hybridized carbons (Fsp3) is 0.370. The van der Waals surface area contributed by atoms with Crippen molar-refractivity contribution in [2.24, 2.45) is 0 Å². The second-order valence-corrected chi connectivity index (χ2v) is 9.39. The van der Waals surface area contributed by atoms with Gasteiger partial charge in [-0.15, -0.1) is 0 Å². The lowest BCUT2D eigenvalue weighted by Gasteiger charge is -2.36. The summed E-state index contributed by atoms with van der Waals surface area (Å²) in [7, 11) is 0. The number of piperazine rings is 1. The second kappa shape index (κ2) is 8.03. The molecule has 3 aromatic rings. The van der Waals surface area contributed by atoms with Crippen LogP contribution in [0.1, 0.15) is 35.2 Å². The number of anilines is 1. The van der Waals surface area contributed by atoms with E-state index < -0.39 is 0 Å². The molecule has 1 spiro atoms. The third kappa shape index (κ3) is 3.72. The van der Waals surface area contributed by atoms with Crippen molar-refractivity contribution in [3.8, 4) is 5.75 Å². The first-order chi connectivity index (χ1) is 16.1. The van der Waals surface area contributed by atoms with Crippen molar-refractivity contribution >= 4 is 22.4 Å². The summed E-state index contributed by atoms with van der Waals surface area (Å²) in [6.07, 6.45) is 3.00. The van der Waals surface area contributed by atoms with Gasteiger partial charge in [0, 0.05) is 49.4 Å². The molecule has 0 aromatic heterocycles. The maximum atomic E-state index is 14.5. The van der Waals surface area contributed by atoms with Crippen LogP contribution in [0.5, 0.6) is 5.75 Å². The Morgan fingerprint density at radius 1 is 1.00 bits per heavy atom. The Balaban J connectivity index is 1.00. The van der Waals surface area contributed by atoms with E-state index in [0.717, 1.165) is 85.3 Å². The SMILES string of the molecule is O=C1NC2(CC2)c2ccc(OCCCN3CCN(c4cccc5cccc(F)c45)CC3)cc21. The van der Waals surface area contributed by atoms with Crippen LogP contribution in [0.2, 0.25) is 0 Å². The molecule has 1 amide bonds. The largest absolute Gasteiger partial charge is 0.494 e. The van der Waals surface area contributed by atoms with Gasteiger partial charge in [-0.25, -0.2) is 4.39 Å². The van der Waals surface area contributed by atoms with Crippen LogP contribution in [-0.2, 0) is 5.54 Å². The first kappa shape index (κ1) is 20.5. The van der Waals surface area contributed by atoms with Gasteiger partial charge in [-0.1, -0.05) is 30.3 Å². The van der Waals surface area contributed by atoms with Crippen molar-refractivity contribution in [1.29, 1.82) is 0 Å². The summed E-state index contributed by atoms with van der Waals surface area (Å²) < 4.78 is 20.4. The van der Waals surface area contributed by atoms with Crippen molar-refractivity contribution in [1.82, 2.24) is 10.2 Å². The number of benzene rings is 3. The Morgan fingerprint density at radius 3 is 2.58 bits per heavy atom. The number of carbonyl (C=O) groups excluding carboxylic acids is 1. The van der Waals surface area contributed by atoms with Crippen molar-refractivity contribution in [2.45, 2.75) is 24.8 Å². The summed E-state index contributed by atoms with van der Waals surface area (Å²) in [6.45, 7) is 5.26. The number of amides is 1. The zero-order valence-electron chi connectivity index (χ0n) is 18.6. The molecule has 0 atom stereocenters. The molecule has 1 saturated heterocycles. The lowest BCUT2D eigenvalue weighted by atomic mass is 10.0. The molecule has 0 radical (unpaired) electrons. The van der Waals surface area contributed by atoms with Crippen LogP contribution in [0.15, 0.2) is 54.6 Å². The zero-order valence-corrected chi connectivity index (χ0v) is 18.6. The first-order valence-corrected chi connectivity index (χ1v) is 11.9. The quantitative estimate of drug-likeness (QED) is 0.575. The van der Waals surface area contributed by atoms with E-state index in [4.69, 9.17) is 4.74 Å². The number of nitrogens with zero attached hydrogens (tertiary/aromatic N) is 2. The fourth-order valence-corrected chi connectivity index (χ4v) is 5.32. The van der Waals surface area contributed by atoms with Gasteiger partial charge in [-0.2, -0.15) is 0 Å². The predicted molar refractivity (Wildman–Crippen MR) is 127 cm³/mol. The summed E-state index contributed by atoms with van der Waals surface area (Å²) in [5.74, 6) is 0.639. The first-order valence-electron chi connectivity index (χ1n) is 11.9. The average Bonchev–Trinajstić information content (AvgIpc) is 3.56. The number of nitrogens with one attached hydrogen (secondary N) is 1. The topological polar surface area (TPSA) is 44.8 Å². The molecule has 33 heavy (non-hydrogen) atoms. The summed E-state index contributed by atoms with van der Waals surface area (Å²) in [5, 5.41) is 4.78. The van der Waals surface area contributed by atoms with E-state index in [1.807, 2.05) is 42.5 Å². The molecule has 2 heterocycles. The molecule has 5 nitrogen and oxygen atoms in total. The van der Waals surface area contributed by atoms with Gasteiger partial charge in [-0.3, -0.25) is 9.69 Å². The summed E-state index contributed by atoms with van der Waals surface area (Å²) in [4.78, 5) is 17.0. The molecule has 6 rings (SSSR count). The van der Waals surface area contributed by atoms with Gasteiger partial charge in [0.25, 0.3) is 5.91 Å². The standard InChI is InChI=1S/C27H28FN3O2/c28-23-6-1-4-19-5-2-7-24(25(19)23)31-15-13-30(14-16-31)12-3-17-33-20-8-9-22-21(18-20)26(32)29-27(22)10-11-27/h1-2,4-9,18H,3,10-17H2,(H,29,32). The molecule has 170 valence electrons. The van der Waals surface area contributed by atoms with Gasteiger partial charge in [0.15, 0.2) is 0 Å². The van der Waals surface area contributed by atoms with E-state index in [9.17, 15) is 9.18 Å². The smallest absolute Gasteiger partial charge is 0.252 e. The van der Waals surface area contributed by atoms with Gasteiger partial charge >= 0.3 is 0 Å². The van der Waals surface area contributed by atoms with Crippen molar-refractivity contribution in [2.75, 3.05) is 44.2 Å². The lowest BCUT2D eigenvalue weighted by molar-refractivity contribution is 0.0952. The number of fused-ring (bicyclic) bond motifs is 3. The number of hydrogen-bond acceptors (Lipinski definition) is 4. The van der Waals surface area contributed by atoms with E-state index in [1.54, 1.807) is 12.1 Å². The van der Waals surface area contributed by atoms with Crippen molar-refractivity contribution in [3.63, 3.8) is 0 Å². The Kier molecular flexibility index (Phi) is 4.98. The monoisotopic (exact) mass is 445 g/mol. The normalized spacial score (nSPS) is 19.1. The molecule has 1 aliphatic carbocycles. The number of halogens is 1. The highest BCUT2D eigenvalue weighted by Crippen LogP contribution is 2.50. The van der Waals surface area contributed by atoms with Crippen molar-refractivity contribution in [3.05, 3.63) is 71.5 Å². The average molecular weight is 446 g/mol. The maximum Gasteiger partial charge on any atom is 0.252 e. The highest BCUT2D eigenvalue weighted by atomic mass is 19.1. The van der Waals surface area contributed by atoms with Crippen LogP contribution in [0, 0.1) is 5.82 Å². The molecule has 3 aliphatic rings. The third-order valence-electron chi connectivity index (χ3n) is 7.29. The minimum absolute atomic E-state index is 0.0249. The van der Waals surface area contributed by atoms with Crippen LogP contribution in [0.3, 0.4) is 0 Å². The van der Waals surface area contributed by atoms with Gasteiger partial charge in [0.05, 0.1) is 12.1 Å². The molecular formula is C27H28FN3O2. The van der Waals surface area contributed by atoms with E-state index >= 15 is 0 Å². The predicted octanol–water partition coefficient (Wildman–Crippen LogP) is 4.30. The maximum absolute atomic E-state index is 14.5. The van der Waals surface area contributed by atoms with E-state index in [1.165, 1.54) is 0 Å². The lowest BCUT2D eigenvalue weighted by Crippen LogP contribution is -2.46. The number of rotatable bonds is 6. The molecule has 2 aliphatic heterocycles. The molecule has 2 fully saturated rings. The molecule has 0 bridgehead atoms. The minimum atomic E-state index is -0.154. The van der Waals surface area contributed by atoms with Gasteiger partial charge in [-0.05, 0) is 54.5 Å². The van der Waals surface area contributed by atoms with E-state index in [0.29, 0.717) is 6.61 Å². The molecule has 1 N–H and O–H groups in total. The second-order valence-electron chi connectivity index (χ2n) is 9.39. The number of carbonyl (C=O) groups is 1. The summed E-state index contributed by atoms with van der Waals surface area (Å²) >= 11 is 0. The van der Waals surface area contributed by atoms with Crippen LogP contribution >= 0.6 is 0 Å². The molecule has 0 unspecified atom stereocenters. The highest BCUT2D eigenvalue weighted by molar-refractivity contribution is 6.01. The Morgan fingerprint density at radius 2 is 1.79 bits per heavy atom. The van der Waals surface area contributed by atoms with Gasteiger partial charge in [0.1, 0.15) is 11.6 Å². The van der Waals surface area contributed by atoms with Crippen LogP contribution in [0.4, 0.5) is 10.1 Å². The minimum Gasteiger partial charge on any atom is -0.494 e. The third-order valence-corrected chi connectivity index (χ3v) is 7.29. The van der Waals surface area contributed by atoms with E-state index in [2.05, 4.69) is 15.1 Å². The van der Waals surface area contributed by atoms with Gasteiger partial charge in [0.2, 0.25) is 0 Å². The Bertz CT molecular complexity index is 1210. The fourth-order valence-electron chi connectivity index (χ4n) is 5.32. The van der Waals surface area contributed by atoms with Crippen LogP contribution in [0.25, 0.3) is 10.8 Å². The van der Waals surface area contributed by atoms with Crippen LogP contribution in [-0.4, -0.2) is 50.1 Å². The highest BCUT2D eigenvalue weighted by Gasteiger charge is 2.52. The van der Waals surface area contributed by atoms with Gasteiger partial charge < -0.3 is 15.0 Å². The molecule has 6 heteroatoms. The Hall–Kier alpha value is -3.12. The summed E-state index contributed by atoms with van der Waals surface area (Å²) in [5.41, 5.74) is 2.81. The Labute approximate surface area is 193 Å². The molecule has 3 aromatic carbocycles.